The van der Waals surface area contributed by atoms with Crippen LogP contribution in [0.5, 0.6) is 5.75 Å². The van der Waals surface area contributed by atoms with Gasteiger partial charge in [-0.1, -0.05) is 19.6 Å². The number of aromatic nitrogens is 2. The predicted octanol–water partition coefficient (Wildman–Crippen LogP) is 5.20. The molecule has 0 aliphatic carbocycles. The Morgan fingerprint density at radius 2 is 1.90 bits per heavy atom. The molecule has 1 aromatic heterocycles. The van der Waals surface area contributed by atoms with E-state index in [2.05, 4.69) is 55.3 Å². The predicted molar refractivity (Wildman–Crippen MR) is 160 cm³/mol. The van der Waals surface area contributed by atoms with Crippen molar-refractivity contribution in [2.24, 2.45) is 0 Å². The molecule has 0 spiro atoms. The molecule has 1 aliphatic heterocycles. The van der Waals surface area contributed by atoms with E-state index < -0.39 is 0 Å². The van der Waals surface area contributed by atoms with Crippen LogP contribution in [0.2, 0.25) is 0 Å². The molecule has 0 bridgehead atoms. The summed E-state index contributed by atoms with van der Waals surface area (Å²) in [5.41, 5.74) is 4.21. The number of aryl methyl sites for hydroxylation is 1. The van der Waals surface area contributed by atoms with Crippen molar-refractivity contribution >= 4 is 40.4 Å². The van der Waals surface area contributed by atoms with Crippen molar-refractivity contribution in [2.45, 2.75) is 33.8 Å². The van der Waals surface area contributed by atoms with Crippen molar-refractivity contribution in [2.75, 3.05) is 53.6 Å². The molecule has 208 valence electrons. The molecule has 0 atom stereocenters. The molecule has 1 aliphatic rings. The third kappa shape index (κ3) is 7.07. The molecule has 2 heterocycles. The normalized spacial score (nSPS) is 13.4. The highest BCUT2D eigenvalue weighted by atomic mass is 16.5. The third-order valence-electron chi connectivity index (χ3n) is 6.54. The van der Waals surface area contributed by atoms with E-state index in [0.29, 0.717) is 28.6 Å². The van der Waals surface area contributed by atoms with Crippen molar-refractivity contribution in [3.05, 3.63) is 66.4 Å². The van der Waals surface area contributed by atoms with Crippen LogP contribution >= 0.6 is 0 Å². The van der Waals surface area contributed by atoms with Crippen LogP contribution in [0.1, 0.15) is 31.9 Å². The summed E-state index contributed by atoms with van der Waals surface area (Å²) in [6, 6.07) is 13.8. The van der Waals surface area contributed by atoms with E-state index in [1.807, 2.05) is 57.2 Å². The van der Waals surface area contributed by atoms with Gasteiger partial charge in [-0.15, -0.1) is 0 Å². The fourth-order valence-electron chi connectivity index (χ4n) is 4.41. The molecule has 1 saturated heterocycles. The Morgan fingerprint density at radius 3 is 2.58 bits per heavy atom. The molecule has 3 N–H and O–H groups in total. The van der Waals surface area contributed by atoms with Crippen molar-refractivity contribution in [1.82, 2.24) is 14.9 Å². The van der Waals surface area contributed by atoms with Gasteiger partial charge in [0.15, 0.2) is 5.82 Å². The number of carbonyl (C=O) groups excluding carboxylic acids is 1. The zero-order chi connectivity index (χ0) is 28.6. The number of amides is 1. The standard InChI is InChI=1S/C30H36N8O2/c1-6-28(39)33-25-17-23(38-14-12-37(7-2)13-15-38)9-10-24(25)35-30-32-19-22(18-31)29(36-30)34-26-16-21(5)8-11-27(26)40-20(3)4/h6,8-11,16-17,19-20H,1,7,12-15H2,2-5H3,(H,33,39)(H2,32,34,35,36). The van der Waals surface area contributed by atoms with Crippen molar-refractivity contribution < 1.29 is 9.53 Å². The van der Waals surface area contributed by atoms with E-state index in [-0.39, 0.29) is 23.5 Å². The van der Waals surface area contributed by atoms with Gasteiger partial charge in [0, 0.05) is 31.9 Å². The number of nitrogens with zero attached hydrogens (tertiary/aromatic N) is 5. The van der Waals surface area contributed by atoms with E-state index in [0.717, 1.165) is 44.0 Å². The van der Waals surface area contributed by atoms with E-state index in [4.69, 9.17) is 4.74 Å². The average Bonchev–Trinajstić information content (AvgIpc) is 2.95. The maximum absolute atomic E-state index is 12.3. The van der Waals surface area contributed by atoms with Crippen LogP contribution in [0.15, 0.2) is 55.3 Å². The number of carbonyl (C=O) groups is 1. The molecule has 10 heteroatoms. The van der Waals surface area contributed by atoms with Crippen LogP contribution < -0.4 is 25.6 Å². The lowest BCUT2D eigenvalue weighted by Gasteiger charge is -2.35. The van der Waals surface area contributed by atoms with E-state index in [1.54, 1.807) is 0 Å². The van der Waals surface area contributed by atoms with Gasteiger partial charge in [-0.25, -0.2) is 4.98 Å². The maximum Gasteiger partial charge on any atom is 0.247 e. The Labute approximate surface area is 235 Å². The van der Waals surface area contributed by atoms with E-state index >= 15 is 0 Å². The topological polar surface area (TPSA) is 118 Å². The zero-order valence-electron chi connectivity index (χ0n) is 23.5. The molecule has 0 radical (unpaired) electrons. The van der Waals surface area contributed by atoms with Crippen LogP contribution in [0.25, 0.3) is 0 Å². The Balaban J connectivity index is 1.63. The van der Waals surface area contributed by atoms with Gasteiger partial charge in [0.2, 0.25) is 11.9 Å². The number of ether oxygens (including phenoxy) is 1. The van der Waals surface area contributed by atoms with Crippen molar-refractivity contribution in [3.8, 4) is 11.8 Å². The minimum atomic E-state index is -0.323. The van der Waals surface area contributed by atoms with Gasteiger partial charge in [-0.05, 0) is 69.3 Å². The number of anilines is 6. The van der Waals surface area contributed by atoms with Crippen LogP contribution in [0.3, 0.4) is 0 Å². The number of hydrogen-bond donors (Lipinski definition) is 3. The number of rotatable bonds is 10. The van der Waals surface area contributed by atoms with Gasteiger partial charge in [-0.2, -0.15) is 10.2 Å². The molecule has 3 aromatic rings. The number of piperazine rings is 1. The molecule has 1 fully saturated rings. The first-order valence-corrected chi connectivity index (χ1v) is 13.4. The lowest BCUT2D eigenvalue weighted by Crippen LogP contribution is -2.46. The van der Waals surface area contributed by atoms with Gasteiger partial charge in [0.1, 0.15) is 17.4 Å². The number of likely N-dealkylation sites (N-methyl/N-ethyl adjacent to an activating group) is 1. The number of nitriles is 1. The highest BCUT2D eigenvalue weighted by molar-refractivity contribution is 6.02. The summed E-state index contributed by atoms with van der Waals surface area (Å²) < 4.78 is 5.95. The molecular weight excluding hydrogens is 504 g/mol. The molecule has 10 nitrogen and oxygen atoms in total. The second-order valence-electron chi connectivity index (χ2n) is 9.83. The fraction of sp³-hybridized carbons (Fsp3) is 0.333. The van der Waals surface area contributed by atoms with Crippen LogP contribution in [-0.2, 0) is 4.79 Å². The lowest BCUT2D eigenvalue weighted by atomic mass is 10.2. The Bertz CT molecular complexity index is 1410. The summed E-state index contributed by atoms with van der Waals surface area (Å²) in [4.78, 5) is 25.9. The summed E-state index contributed by atoms with van der Waals surface area (Å²) >= 11 is 0. The molecule has 0 saturated carbocycles. The molecule has 40 heavy (non-hydrogen) atoms. The third-order valence-corrected chi connectivity index (χ3v) is 6.54. The van der Waals surface area contributed by atoms with Gasteiger partial charge >= 0.3 is 0 Å². The number of benzene rings is 2. The van der Waals surface area contributed by atoms with E-state index in [1.165, 1.54) is 12.3 Å². The fourth-order valence-corrected chi connectivity index (χ4v) is 4.41. The first kappa shape index (κ1) is 28.4. The largest absolute Gasteiger partial charge is 0.489 e. The first-order valence-electron chi connectivity index (χ1n) is 13.4. The maximum atomic E-state index is 12.3. The van der Waals surface area contributed by atoms with Crippen molar-refractivity contribution in [1.29, 1.82) is 5.26 Å². The highest BCUT2D eigenvalue weighted by Gasteiger charge is 2.18. The van der Waals surface area contributed by atoms with Gasteiger partial charge in [-0.3, -0.25) is 4.79 Å². The quantitative estimate of drug-likeness (QED) is 0.298. The molecular formula is C30H36N8O2. The zero-order valence-corrected chi connectivity index (χ0v) is 23.5. The van der Waals surface area contributed by atoms with Crippen molar-refractivity contribution in [3.63, 3.8) is 0 Å². The van der Waals surface area contributed by atoms with Gasteiger partial charge < -0.3 is 30.5 Å². The molecule has 0 unspecified atom stereocenters. The second-order valence-corrected chi connectivity index (χ2v) is 9.83. The van der Waals surface area contributed by atoms with Crippen LogP contribution in [0, 0.1) is 18.3 Å². The average molecular weight is 541 g/mol. The Hall–Kier alpha value is -4.62. The lowest BCUT2D eigenvalue weighted by molar-refractivity contribution is -0.111. The first-order chi connectivity index (χ1) is 19.3. The number of nitrogens with one attached hydrogen (secondary N) is 3. The van der Waals surface area contributed by atoms with Crippen LogP contribution in [0.4, 0.5) is 34.5 Å². The smallest absolute Gasteiger partial charge is 0.247 e. The molecule has 4 rings (SSSR count). The summed E-state index contributed by atoms with van der Waals surface area (Å²) in [5, 5.41) is 19.1. The SMILES string of the molecule is C=CC(=O)Nc1cc(N2CCN(CC)CC2)ccc1Nc1ncc(C#N)c(Nc2cc(C)ccc2OC(C)C)n1. The van der Waals surface area contributed by atoms with Gasteiger partial charge in [0.05, 0.1) is 29.4 Å². The summed E-state index contributed by atoms with van der Waals surface area (Å²) in [7, 11) is 0. The minimum Gasteiger partial charge on any atom is -0.489 e. The summed E-state index contributed by atoms with van der Waals surface area (Å²) in [5.74, 6) is 0.929. The Kier molecular flexibility index (Phi) is 9.19. The summed E-state index contributed by atoms with van der Waals surface area (Å²) in [6.45, 7) is 16.5. The summed E-state index contributed by atoms with van der Waals surface area (Å²) in [6.07, 6.45) is 2.67. The molecule has 2 aromatic carbocycles. The Morgan fingerprint density at radius 1 is 1.12 bits per heavy atom. The molecule has 1 amide bonds. The second kappa shape index (κ2) is 13.0. The van der Waals surface area contributed by atoms with Crippen LogP contribution in [-0.4, -0.2) is 59.6 Å². The van der Waals surface area contributed by atoms with Gasteiger partial charge in [0.25, 0.3) is 0 Å². The monoisotopic (exact) mass is 540 g/mol. The highest BCUT2D eigenvalue weighted by Crippen LogP contribution is 2.33. The van der Waals surface area contributed by atoms with E-state index in [9.17, 15) is 10.1 Å². The number of hydrogen-bond acceptors (Lipinski definition) is 9. The minimum absolute atomic E-state index is 0.0241.